The van der Waals surface area contributed by atoms with Crippen LogP contribution in [-0.4, -0.2) is 7.05 Å². The van der Waals surface area contributed by atoms with E-state index in [0.29, 0.717) is 0 Å². The SMILES string of the molecule is CNc1ccc(Br)cc1N. The number of rotatable bonds is 1. The first-order valence-electron chi connectivity index (χ1n) is 2.97. The van der Waals surface area contributed by atoms with Gasteiger partial charge in [0.05, 0.1) is 11.4 Å². The summed E-state index contributed by atoms with van der Waals surface area (Å²) in [5, 5.41) is 2.98. The Morgan fingerprint density at radius 3 is 2.70 bits per heavy atom. The van der Waals surface area contributed by atoms with Crippen LogP contribution < -0.4 is 11.1 Å². The minimum atomic E-state index is 0.761. The van der Waals surface area contributed by atoms with Crippen LogP contribution in [0.5, 0.6) is 0 Å². The van der Waals surface area contributed by atoms with Crippen molar-refractivity contribution < 1.29 is 0 Å². The molecule has 0 heterocycles. The Morgan fingerprint density at radius 2 is 2.20 bits per heavy atom. The third kappa shape index (κ3) is 1.42. The van der Waals surface area contributed by atoms with Gasteiger partial charge in [-0.2, -0.15) is 0 Å². The number of nitrogens with two attached hydrogens (primary N) is 1. The van der Waals surface area contributed by atoms with Crippen LogP contribution in [-0.2, 0) is 0 Å². The van der Waals surface area contributed by atoms with Gasteiger partial charge in [0.1, 0.15) is 0 Å². The number of benzene rings is 1. The zero-order chi connectivity index (χ0) is 7.56. The molecule has 54 valence electrons. The van der Waals surface area contributed by atoms with Crippen LogP contribution in [0, 0.1) is 0 Å². The molecule has 0 radical (unpaired) electrons. The molecule has 0 saturated heterocycles. The Labute approximate surface area is 68.6 Å². The molecule has 0 amide bonds. The molecular formula is C7H9BrN2. The highest BCUT2D eigenvalue weighted by molar-refractivity contribution is 9.10. The number of hydrogen-bond donors (Lipinski definition) is 2. The quantitative estimate of drug-likeness (QED) is 0.682. The van der Waals surface area contributed by atoms with Crippen LogP contribution in [0.4, 0.5) is 11.4 Å². The van der Waals surface area contributed by atoms with E-state index in [4.69, 9.17) is 5.73 Å². The largest absolute Gasteiger partial charge is 0.397 e. The topological polar surface area (TPSA) is 38.0 Å². The van der Waals surface area contributed by atoms with E-state index >= 15 is 0 Å². The van der Waals surface area contributed by atoms with Gasteiger partial charge in [-0.05, 0) is 18.2 Å². The Balaban J connectivity index is 3.07. The lowest BCUT2D eigenvalue weighted by atomic mass is 10.3. The standard InChI is InChI=1S/C7H9BrN2/c1-10-7-3-2-5(8)4-6(7)9/h2-4,10H,9H2,1H3. The van der Waals surface area contributed by atoms with Crippen molar-refractivity contribution in [3.05, 3.63) is 22.7 Å². The van der Waals surface area contributed by atoms with Gasteiger partial charge in [0.15, 0.2) is 0 Å². The number of hydrogen-bond acceptors (Lipinski definition) is 2. The number of halogens is 1. The summed E-state index contributed by atoms with van der Waals surface area (Å²) in [6.45, 7) is 0. The van der Waals surface area contributed by atoms with Crippen molar-refractivity contribution in [2.75, 3.05) is 18.1 Å². The van der Waals surface area contributed by atoms with Crippen molar-refractivity contribution in [1.29, 1.82) is 0 Å². The van der Waals surface area contributed by atoms with E-state index in [1.807, 2.05) is 25.2 Å². The zero-order valence-corrected chi connectivity index (χ0v) is 7.27. The summed E-state index contributed by atoms with van der Waals surface area (Å²) in [6, 6.07) is 5.74. The lowest BCUT2D eigenvalue weighted by Gasteiger charge is -2.03. The van der Waals surface area contributed by atoms with Crippen molar-refractivity contribution in [1.82, 2.24) is 0 Å². The second-order valence-electron chi connectivity index (χ2n) is 1.98. The Bertz CT molecular complexity index is 235. The zero-order valence-electron chi connectivity index (χ0n) is 5.69. The predicted octanol–water partition coefficient (Wildman–Crippen LogP) is 2.07. The van der Waals surface area contributed by atoms with Gasteiger partial charge in [-0.3, -0.25) is 0 Å². The van der Waals surface area contributed by atoms with Crippen molar-refractivity contribution in [2.45, 2.75) is 0 Å². The lowest BCUT2D eigenvalue weighted by Crippen LogP contribution is -1.94. The smallest absolute Gasteiger partial charge is 0.0572 e. The fourth-order valence-corrected chi connectivity index (χ4v) is 1.14. The van der Waals surface area contributed by atoms with Gasteiger partial charge in [0.25, 0.3) is 0 Å². The number of nitrogens with one attached hydrogen (secondary N) is 1. The van der Waals surface area contributed by atoms with Crippen LogP contribution in [0.2, 0.25) is 0 Å². The molecule has 10 heavy (non-hydrogen) atoms. The molecule has 1 aromatic carbocycles. The van der Waals surface area contributed by atoms with E-state index in [-0.39, 0.29) is 0 Å². The van der Waals surface area contributed by atoms with E-state index in [9.17, 15) is 0 Å². The predicted molar refractivity (Wildman–Crippen MR) is 48.1 cm³/mol. The first kappa shape index (κ1) is 7.41. The van der Waals surface area contributed by atoms with Gasteiger partial charge in [0.2, 0.25) is 0 Å². The minimum absolute atomic E-state index is 0.761. The normalized spacial score (nSPS) is 9.40. The minimum Gasteiger partial charge on any atom is -0.397 e. The Morgan fingerprint density at radius 1 is 1.50 bits per heavy atom. The molecule has 3 heteroatoms. The highest BCUT2D eigenvalue weighted by atomic mass is 79.9. The molecule has 0 aliphatic rings. The summed E-state index contributed by atoms with van der Waals surface area (Å²) in [6.07, 6.45) is 0. The van der Waals surface area contributed by atoms with Crippen molar-refractivity contribution in [3.63, 3.8) is 0 Å². The fraction of sp³-hybridized carbons (Fsp3) is 0.143. The molecule has 3 N–H and O–H groups in total. The molecule has 1 aromatic rings. The summed E-state index contributed by atoms with van der Waals surface area (Å²) >= 11 is 3.32. The van der Waals surface area contributed by atoms with E-state index < -0.39 is 0 Å². The van der Waals surface area contributed by atoms with Crippen molar-refractivity contribution in [3.8, 4) is 0 Å². The van der Waals surface area contributed by atoms with Gasteiger partial charge in [0, 0.05) is 11.5 Å². The third-order valence-electron chi connectivity index (χ3n) is 1.28. The molecule has 0 aromatic heterocycles. The highest BCUT2D eigenvalue weighted by Crippen LogP contribution is 2.21. The third-order valence-corrected chi connectivity index (χ3v) is 1.78. The average Bonchev–Trinajstić information content (AvgIpc) is 1.88. The molecule has 0 saturated carbocycles. The summed E-state index contributed by atoms with van der Waals surface area (Å²) in [4.78, 5) is 0. The van der Waals surface area contributed by atoms with E-state index in [0.717, 1.165) is 15.8 Å². The van der Waals surface area contributed by atoms with Crippen LogP contribution in [0.3, 0.4) is 0 Å². The first-order valence-corrected chi connectivity index (χ1v) is 3.76. The Hall–Kier alpha value is -0.700. The van der Waals surface area contributed by atoms with E-state index in [2.05, 4.69) is 21.2 Å². The fourth-order valence-electron chi connectivity index (χ4n) is 0.761. The van der Waals surface area contributed by atoms with Crippen molar-refractivity contribution in [2.24, 2.45) is 0 Å². The monoisotopic (exact) mass is 200 g/mol. The van der Waals surface area contributed by atoms with Crippen LogP contribution in [0.15, 0.2) is 22.7 Å². The summed E-state index contributed by atoms with van der Waals surface area (Å²) in [5.41, 5.74) is 7.36. The molecule has 0 aliphatic carbocycles. The highest BCUT2D eigenvalue weighted by Gasteiger charge is 1.94. The van der Waals surface area contributed by atoms with Gasteiger partial charge in [-0.15, -0.1) is 0 Å². The maximum absolute atomic E-state index is 5.64. The van der Waals surface area contributed by atoms with Gasteiger partial charge < -0.3 is 11.1 Å². The molecule has 0 spiro atoms. The molecule has 0 aliphatic heterocycles. The maximum atomic E-state index is 5.64. The average molecular weight is 201 g/mol. The maximum Gasteiger partial charge on any atom is 0.0572 e. The molecule has 0 unspecified atom stereocenters. The summed E-state index contributed by atoms with van der Waals surface area (Å²) < 4.78 is 1.00. The van der Waals surface area contributed by atoms with Crippen molar-refractivity contribution >= 4 is 27.3 Å². The molecule has 1 rings (SSSR count). The molecule has 0 bridgehead atoms. The Kier molecular flexibility index (Phi) is 2.17. The van der Waals surface area contributed by atoms with E-state index in [1.54, 1.807) is 0 Å². The second kappa shape index (κ2) is 2.92. The molecule has 2 nitrogen and oxygen atoms in total. The van der Waals surface area contributed by atoms with Gasteiger partial charge in [-0.25, -0.2) is 0 Å². The molecular weight excluding hydrogens is 192 g/mol. The van der Waals surface area contributed by atoms with E-state index in [1.165, 1.54) is 0 Å². The number of nitrogen functional groups attached to an aromatic ring is 1. The van der Waals surface area contributed by atoms with Crippen LogP contribution in [0.1, 0.15) is 0 Å². The summed E-state index contributed by atoms with van der Waals surface area (Å²) in [7, 11) is 1.85. The van der Waals surface area contributed by atoms with Crippen LogP contribution >= 0.6 is 15.9 Å². The molecule has 0 fully saturated rings. The second-order valence-corrected chi connectivity index (χ2v) is 2.90. The summed E-state index contributed by atoms with van der Waals surface area (Å²) in [5.74, 6) is 0. The van der Waals surface area contributed by atoms with Gasteiger partial charge in [-0.1, -0.05) is 15.9 Å². The lowest BCUT2D eigenvalue weighted by molar-refractivity contribution is 1.50. The van der Waals surface area contributed by atoms with Gasteiger partial charge >= 0.3 is 0 Å². The number of anilines is 2. The van der Waals surface area contributed by atoms with Crippen LogP contribution in [0.25, 0.3) is 0 Å². The molecule has 0 atom stereocenters. The first-order chi connectivity index (χ1) is 4.74.